The Morgan fingerprint density at radius 1 is 0.952 bits per heavy atom. The largest absolute Gasteiger partial charge is 0.456 e. The minimum Gasteiger partial charge on any atom is -0.456 e. The van der Waals surface area contributed by atoms with Crippen molar-refractivity contribution in [1.82, 2.24) is 0 Å². The Bertz CT molecular complexity index is 355. The fourth-order valence-electron chi connectivity index (χ4n) is 2.64. The van der Waals surface area contributed by atoms with E-state index in [1.807, 2.05) is 0 Å². The second-order valence-corrected chi connectivity index (χ2v) is 11.6. The van der Waals surface area contributed by atoms with Crippen LogP contribution in [0.2, 0.25) is 19.6 Å². The molecule has 0 amide bonds. The molecule has 0 aliphatic heterocycles. The maximum Gasteiger partial charge on any atom is 0.278 e. The van der Waals surface area contributed by atoms with Gasteiger partial charge in [0.05, 0.1) is 11.8 Å². The molecule has 1 aliphatic carbocycles. The lowest BCUT2D eigenvalue weighted by molar-refractivity contribution is 0.331. The summed E-state index contributed by atoms with van der Waals surface area (Å²) in [6.45, 7) is 6.48. The van der Waals surface area contributed by atoms with Crippen LogP contribution in [0.15, 0.2) is 5.16 Å². The molecule has 0 radical (unpaired) electrons. The lowest BCUT2D eigenvalue weighted by Crippen LogP contribution is -2.23. The molecule has 0 aromatic rings. The highest BCUT2D eigenvalue weighted by atomic mass is 28.4. The Morgan fingerprint density at radius 3 is 2.19 bits per heavy atom. The molecule has 0 aromatic carbocycles. The molecular formula is C17H32N2OSi. The fraction of sp³-hybridized carbons (Fsp3) is 0.882. The number of oxime groups is 1. The number of hydrogen-bond donors (Lipinski definition) is 0. The van der Waals surface area contributed by atoms with Crippen molar-refractivity contribution in [2.75, 3.05) is 0 Å². The van der Waals surface area contributed by atoms with Gasteiger partial charge in [0.15, 0.2) is 0 Å². The molecule has 0 heterocycles. The average Bonchev–Trinajstić information content (AvgIpc) is 2.45. The van der Waals surface area contributed by atoms with Crippen LogP contribution in [-0.4, -0.2) is 14.0 Å². The standard InChI is InChI=1S/C17H32N2OSi/c1-21(2,3)20-19-17-12-10-8-6-4-5-7-9-11-16(15-18)13-14-17/h16H,4-14H2,1-3H3/b19-17+. The second-order valence-electron chi connectivity index (χ2n) is 7.24. The predicted octanol–water partition coefficient (Wildman–Crippen LogP) is 5.64. The van der Waals surface area contributed by atoms with Gasteiger partial charge >= 0.3 is 0 Å². The monoisotopic (exact) mass is 308 g/mol. The summed E-state index contributed by atoms with van der Waals surface area (Å²) in [4.78, 5) is 0. The van der Waals surface area contributed by atoms with Crippen molar-refractivity contribution in [3.63, 3.8) is 0 Å². The highest BCUT2D eigenvalue weighted by molar-refractivity contribution is 6.69. The number of hydrogen-bond acceptors (Lipinski definition) is 3. The van der Waals surface area contributed by atoms with Gasteiger partial charge in [-0.05, 0) is 51.7 Å². The van der Waals surface area contributed by atoms with E-state index in [9.17, 15) is 5.26 Å². The van der Waals surface area contributed by atoms with Crippen LogP contribution < -0.4 is 0 Å². The molecule has 0 bridgehead atoms. The van der Waals surface area contributed by atoms with Crippen molar-refractivity contribution < 1.29 is 4.53 Å². The Hall–Kier alpha value is -0.823. The first-order valence-electron chi connectivity index (χ1n) is 8.65. The van der Waals surface area contributed by atoms with Crippen molar-refractivity contribution in [3.8, 4) is 6.07 Å². The van der Waals surface area contributed by atoms with Gasteiger partial charge in [-0.15, -0.1) is 5.16 Å². The predicted molar refractivity (Wildman–Crippen MR) is 91.8 cm³/mol. The molecule has 1 aliphatic rings. The number of nitriles is 1. The molecule has 1 atom stereocenters. The van der Waals surface area contributed by atoms with E-state index in [4.69, 9.17) is 4.53 Å². The molecular weight excluding hydrogens is 276 g/mol. The van der Waals surface area contributed by atoms with Gasteiger partial charge in [-0.3, -0.25) is 0 Å². The van der Waals surface area contributed by atoms with Crippen LogP contribution in [0.25, 0.3) is 0 Å². The third-order valence-electron chi connectivity index (χ3n) is 3.93. The molecule has 1 saturated carbocycles. The zero-order valence-corrected chi connectivity index (χ0v) is 15.2. The summed E-state index contributed by atoms with van der Waals surface area (Å²) < 4.78 is 5.73. The van der Waals surface area contributed by atoms with Gasteiger partial charge in [-0.25, -0.2) is 0 Å². The van der Waals surface area contributed by atoms with Crippen molar-refractivity contribution in [2.24, 2.45) is 11.1 Å². The van der Waals surface area contributed by atoms with Gasteiger partial charge in [0, 0.05) is 5.92 Å². The first-order chi connectivity index (χ1) is 10.0. The molecule has 1 rings (SSSR count). The SMILES string of the molecule is C[Si](C)(C)O/N=C1\CCCCCCCCCC(C#N)CC1. The zero-order chi connectivity index (χ0) is 15.6. The molecule has 21 heavy (non-hydrogen) atoms. The van der Waals surface area contributed by atoms with E-state index >= 15 is 0 Å². The van der Waals surface area contributed by atoms with Crippen LogP contribution in [0.4, 0.5) is 0 Å². The second kappa shape index (κ2) is 10.00. The van der Waals surface area contributed by atoms with Gasteiger partial charge in [0.25, 0.3) is 8.32 Å². The summed E-state index contributed by atoms with van der Waals surface area (Å²) in [7, 11) is -1.60. The number of nitrogens with zero attached hydrogens (tertiary/aromatic N) is 2. The van der Waals surface area contributed by atoms with Gasteiger partial charge < -0.3 is 4.53 Å². The van der Waals surface area contributed by atoms with Crippen molar-refractivity contribution in [3.05, 3.63) is 0 Å². The summed E-state index contributed by atoms with van der Waals surface area (Å²) >= 11 is 0. The van der Waals surface area contributed by atoms with E-state index in [1.165, 1.54) is 50.7 Å². The summed E-state index contributed by atoms with van der Waals surface area (Å²) in [5, 5.41) is 13.7. The minimum absolute atomic E-state index is 0.197. The Balaban J connectivity index is 2.59. The summed E-state index contributed by atoms with van der Waals surface area (Å²) in [5.74, 6) is 0.197. The van der Waals surface area contributed by atoms with Crippen LogP contribution >= 0.6 is 0 Å². The first-order valence-corrected chi connectivity index (χ1v) is 12.1. The topological polar surface area (TPSA) is 45.4 Å². The molecule has 3 nitrogen and oxygen atoms in total. The maximum atomic E-state index is 9.28. The molecule has 4 heteroatoms. The van der Waals surface area contributed by atoms with Crippen molar-refractivity contribution in [1.29, 1.82) is 5.26 Å². The Morgan fingerprint density at radius 2 is 1.57 bits per heavy atom. The van der Waals surface area contributed by atoms with Crippen molar-refractivity contribution >= 4 is 14.0 Å². The summed E-state index contributed by atoms with van der Waals surface area (Å²) in [6, 6.07) is 2.48. The molecule has 0 saturated heterocycles. The van der Waals surface area contributed by atoms with E-state index in [1.54, 1.807) is 0 Å². The van der Waals surface area contributed by atoms with E-state index in [0.29, 0.717) is 0 Å². The third kappa shape index (κ3) is 9.68. The van der Waals surface area contributed by atoms with Crippen LogP contribution in [0.5, 0.6) is 0 Å². The van der Waals surface area contributed by atoms with Crippen LogP contribution in [0.3, 0.4) is 0 Å². The molecule has 0 N–H and O–H groups in total. The van der Waals surface area contributed by atoms with E-state index in [0.717, 1.165) is 25.7 Å². The van der Waals surface area contributed by atoms with Gasteiger partial charge in [0.1, 0.15) is 0 Å². The normalized spacial score (nSPS) is 25.2. The summed E-state index contributed by atoms with van der Waals surface area (Å²) in [6.07, 6.45) is 13.0. The average molecular weight is 309 g/mol. The van der Waals surface area contributed by atoms with Gasteiger partial charge in [-0.2, -0.15) is 5.26 Å². The van der Waals surface area contributed by atoms with E-state index < -0.39 is 8.32 Å². The first kappa shape index (κ1) is 18.2. The van der Waals surface area contributed by atoms with Gasteiger partial charge in [0.2, 0.25) is 0 Å². The lowest BCUT2D eigenvalue weighted by atomic mass is 9.95. The minimum atomic E-state index is -1.60. The van der Waals surface area contributed by atoms with E-state index in [2.05, 4.69) is 30.9 Å². The molecule has 0 spiro atoms. The van der Waals surface area contributed by atoms with Crippen molar-refractivity contribution in [2.45, 2.75) is 90.3 Å². The quantitative estimate of drug-likeness (QED) is 0.489. The molecule has 0 aromatic heterocycles. The van der Waals surface area contributed by atoms with Crippen LogP contribution in [0, 0.1) is 17.2 Å². The van der Waals surface area contributed by atoms with E-state index in [-0.39, 0.29) is 5.92 Å². The highest BCUT2D eigenvalue weighted by Gasteiger charge is 2.17. The molecule has 120 valence electrons. The lowest BCUT2D eigenvalue weighted by Gasteiger charge is -2.16. The van der Waals surface area contributed by atoms with Gasteiger partial charge in [-0.1, -0.05) is 38.5 Å². The molecule has 1 unspecified atom stereocenters. The Labute approximate surface area is 131 Å². The van der Waals surface area contributed by atoms with Crippen LogP contribution in [0.1, 0.15) is 70.6 Å². The highest BCUT2D eigenvalue weighted by Crippen LogP contribution is 2.20. The zero-order valence-electron chi connectivity index (χ0n) is 14.2. The fourth-order valence-corrected chi connectivity index (χ4v) is 3.04. The molecule has 1 fully saturated rings. The number of rotatable bonds is 2. The smallest absolute Gasteiger partial charge is 0.278 e. The Kier molecular flexibility index (Phi) is 8.68. The third-order valence-corrected chi connectivity index (χ3v) is 4.57. The van der Waals surface area contributed by atoms with Crippen LogP contribution in [-0.2, 0) is 4.53 Å². The summed E-state index contributed by atoms with van der Waals surface area (Å²) in [5.41, 5.74) is 1.18. The maximum absolute atomic E-state index is 9.28.